The van der Waals surface area contributed by atoms with Gasteiger partial charge in [0.1, 0.15) is 0 Å². The Labute approximate surface area is 63.7 Å². The third-order valence-electron chi connectivity index (χ3n) is 0.900. The summed E-state index contributed by atoms with van der Waals surface area (Å²) >= 11 is 0. The maximum Gasteiger partial charge on any atom is 0.309 e. The number of aromatic nitrogens is 2. The minimum Gasteiger partial charge on any atom is -0.481 e. The Kier molecular flexibility index (Phi) is 3.49. The van der Waals surface area contributed by atoms with Gasteiger partial charge in [-0.05, 0) is 6.07 Å². The summed E-state index contributed by atoms with van der Waals surface area (Å²) in [6.45, 7) is 0. The van der Waals surface area contributed by atoms with Crippen LogP contribution in [0.5, 0.6) is 0 Å². The van der Waals surface area contributed by atoms with E-state index in [1.165, 1.54) is 6.20 Å². The molecule has 0 spiro atoms. The molecule has 0 amide bonds. The maximum absolute atomic E-state index is 10.0. The lowest BCUT2D eigenvalue weighted by Gasteiger charge is -1.85. The number of hydrogen-bond acceptors (Lipinski definition) is 2. The highest BCUT2D eigenvalue weighted by molar-refractivity contribution is 5.85. The molecule has 0 saturated heterocycles. The second kappa shape index (κ2) is 3.90. The summed E-state index contributed by atoms with van der Waals surface area (Å²) in [5.74, 6) is -0.848. The third kappa shape index (κ3) is 2.50. The van der Waals surface area contributed by atoms with Gasteiger partial charge in [-0.25, -0.2) is 0 Å². The first-order valence-corrected chi connectivity index (χ1v) is 2.49. The number of nitrogens with one attached hydrogen (secondary N) is 1. The van der Waals surface area contributed by atoms with Crippen molar-refractivity contribution in [1.82, 2.24) is 10.2 Å². The lowest BCUT2D eigenvalue weighted by atomic mass is 10.3. The smallest absolute Gasteiger partial charge is 0.309 e. The van der Waals surface area contributed by atoms with E-state index in [1.807, 2.05) is 0 Å². The Morgan fingerprint density at radius 2 is 2.50 bits per heavy atom. The maximum atomic E-state index is 10.0. The highest BCUT2D eigenvalue weighted by Crippen LogP contribution is 1.91. The van der Waals surface area contributed by atoms with E-state index in [0.29, 0.717) is 5.69 Å². The summed E-state index contributed by atoms with van der Waals surface area (Å²) in [4.78, 5) is 10.0. The molecule has 0 unspecified atom stereocenters. The minimum atomic E-state index is -0.848. The van der Waals surface area contributed by atoms with Crippen LogP contribution in [0.2, 0.25) is 0 Å². The second-order valence-electron chi connectivity index (χ2n) is 1.65. The van der Waals surface area contributed by atoms with Gasteiger partial charge in [-0.3, -0.25) is 9.89 Å². The first-order chi connectivity index (χ1) is 4.29. The highest BCUT2D eigenvalue weighted by Gasteiger charge is 1.98. The fraction of sp³-hybridized carbons (Fsp3) is 0.200. The first kappa shape index (κ1) is 8.97. The molecule has 0 radical (unpaired) electrons. The van der Waals surface area contributed by atoms with Crippen molar-refractivity contribution in [2.75, 3.05) is 0 Å². The van der Waals surface area contributed by atoms with Crippen molar-refractivity contribution in [3.8, 4) is 0 Å². The zero-order valence-electron chi connectivity index (χ0n) is 5.07. The van der Waals surface area contributed by atoms with E-state index in [4.69, 9.17) is 5.11 Å². The molecule has 0 bridgehead atoms. The zero-order chi connectivity index (χ0) is 6.69. The molecule has 1 aromatic rings. The van der Waals surface area contributed by atoms with Gasteiger partial charge in [-0.15, -0.1) is 12.4 Å². The number of carboxylic acid groups (broad SMARTS) is 1. The van der Waals surface area contributed by atoms with Crippen LogP contribution in [0.4, 0.5) is 0 Å². The molecule has 2 N–H and O–H groups in total. The van der Waals surface area contributed by atoms with Crippen LogP contribution in [-0.2, 0) is 11.2 Å². The van der Waals surface area contributed by atoms with Gasteiger partial charge < -0.3 is 5.11 Å². The van der Waals surface area contributed by atoms with Crippen LogP contribution in [0.15, 0.2) is 12.3 Å². The molecule has 1 heterocycles. The number of H-pyrrole nitrogens is 1. The molecule has 56 valence electrons. The Bertz CT molecular complexity index is 197. The molecular weight excluding hydrogens is 156 g/mol. The van der Waals surface area contributed by atoms with E-state index in [0.717, 1.165) is 0 Å². The molecule has 1 aromatic heterocycles. The number of rotatable bonds is 2. The van der Waals surface area contributed by atoms with E-state index >= 15 is 0 Å². The van der Waals surface area contributed by atoms with Crippen LogP contribution in [-0.4, -0.2) is 21.3 Å². The number of halogens is 1. The standard InChI is InChI=1S/C5H6N2O2.ClH/c8-5(9)3-4-1-2-6-7-4;/h1-2H,3H2,(H,6,7)(H,8,9);1H. The largest absolute Gasteiger partial charge is 0.481 e. The van der Waals surface area contributed by atoms with Crippen LogP contribution in [0.25, 0.3) is 0 Å². The fourth-order valence-corrected chi connectivity index (χ4v) is 0.546. The second-order valence-corrected chi connectivity index (χ2v) is 1.65. The van der Waals surface area contributed by atoms with Gasteiger partial charge in [-0.2, -0.15) is 5.10 Å². The summed E-state index contributed by atoms with van der Waals surface area (Å²) < 4.78 is 0. The van der Waals surface area contributed by atoms with Crippen molar-refractivity contribution in [2.24, 2.45) is 0 Å². The number of aromatic amines is 1. The van der Waals surface area contributed by atoms with Crippen LogP contribution >= 0.6 is 12.4 Å². The molecule has 0 aliphatic heterocycles. The monoisotopic (exact) mass is 162 g/mol. The van der Waals surface area contributed by atoms with Crippen LogP contribution < -0.4 is 0 Å². The summed E-state index contributed by atoms with van der Waals surface area (Å²) in [6, 6.07) is 1.63. The fourth-order valence-electron chi connectivity index (χ4n) is 0.546. The van der Waals surface area contributed by atoms with E-state index < -0.39 is 5.97 Å². The summed E-state index contributed by atoms with van der Waals surface area (Å²) in [5.41, 5.74) is 0.627. The van der Waals surface area contributed by atoms with E-state index in [2.05, 4.69) is 10.2 Å². The predicted octanol–water partition coefficient (Wildman–Crippen LogP) is 0.459. The summed E-state index contributed by atoms with van der Waals surface area (Å²) in [5, 5.41) is 14.4. The third-order valence-corrected chi connectivity index (χ3v) is 0.900. The average Bonchev–Trinajstić information content (AvgIpc) is 2.15. The van der Waals surface area contributed by atoms with Crippen LogP contribution in [0.3, 0.4) is 0 Å². The van der Waals surface area contributed by atoms with Crippen molar-refractivity contribution >= 4 is 18.4 Å². The van der Waals surface area contributed by atoms with Crippen molar-refractivity contribution in [3.05, 3.63) is 18.0 Å². The van der Waals surface area contributed by atoms with Gasteiger partial charge in [0.05, 0.1) is 6.42 Å². The molecular formula is C5H7ClN2O2. The normalized spacial score (nSPS) is 8.40. The van der Waals surface area contributed by atoms with Crippen molar-refractivity contribution in [3.63, 3.8) is 0 Å². The van der Waals surface area contributed by atoms with Crippen molar-refractivity contribution < 1.29 is 9.90 Å². The minimum absolute atomic E-state index is 0. The molecule has 1 rings (SSSR count). The summed E-state index contributed by atoms with van der Waals surface area (Å²) in [7, 11) is 0. The van der Waals surface area contributed by atoms with Gasteiger partial charge in [0.15, 0.2) is 0 Å². The van der Waals surface area contributed by atoms with Gasteiger partial charge >= 0.3 is 5.97 Å². The lowest BCUT2D eigenvalue weighted by Crippen LogP contribution is -1.99. The topological polar surface area (TPSA) is 66.0 Å². The van der Waals surface area contributed by atoms with E-state index in [-0.39, 0.29) is 18.8 Å². The molecule has 0 atom stereocenters. The zero-order valence-corrected chi connectivity index (χ0v) is 5.89. The average molecular weight is 163 g/mol. The Morgan fingerprint density at radius 1 is 1.80 bits per heavy atom. The molecule has 10 heavy (non-hydrogen) atoms. The molecule has 0 aliphatic rings. The predicted molar refractivity (Wildman–Crippen MR) is 37.2 cm³/mol. The van der Waals surface area contributed by atoms with Crippen LogP contribution in [0.1, 0.15) is 5.69 Å². The molecule has 0 aromatic carbocycles. The molecule has 0 fully saturated rings. The SMILES string of the molecule is Cl.O=C(O)Cc1ccn[nH]1. The Hall–Kier alpha value is -1.03. The summed E-state index contributed by atoms with van der Waals surface area (Å²) in [6.07, 6.45) is 1.54. The number of aliphatic carboxylic acids is 1. The molecule has 5 heteroatoms. The van der Waals surface area contributed by atoms with E-state index in [1.54, 1.807) is 6.07 Å². The molecule has 0 aliphatic carbocycles. The van der Waals surface area contributed by atoms with Gasteiger partial charge in [-0.1, -0.05) is 0 Å². The van der Waals surface area contributed by atoms with Crippen molar-refractivity contribution in [2.45, 2.75) is 6.42 Å². The van der Waals surface area contributed by atoms with Crippen LogP contribution in [0, 0.1) is 0 Å². The number of nitrogens with zero attached hydrogens (tertiary/aromatic N) is 1. The van der Waals surface area contributed by atoms with Gasteiger partial charge in [0.25, 0.3) is 0 Å². The van der Waals surface area contributed by atoms with Gasteiger partial charge in [0.2, 0.25) is 0 Å². The lowest BCUT2D eigenvalue weighted by molar-refractivity contribution is -0.136. The number of carboxylic acids is 1. The number of hydrogen-bond donors (Lipinski definition) is 2. The van der Waals surface area contributed by atoms with E-state index in [9.17, 15) is 4.79 Å². The highest BCUT2D eigenvalue weighted by atomic mass is 35.5. The number of carbonyl (C=O) groups is 1. The molecule has 4 nitrogen and oxygen atoms in total. The Morgan fingerprint density at radius 3 is 2.90 bits per heavy atom. The van der Waals surface area contributed by atoms with Crippen molar-refractivity contribution in [1.29, 1.82) is 0 Å². The molecule has 0 saturated carbocycles. The van der Waals surface area contributed by atoms with Gasteiger partial charge in [0, 0.05) is 11.9 Å². The quantitative estimate of drug-likeness (QED) is 0.664. The first-order valence-electron chi connectivity index (χ1n) is 2.49. The Balaban J connectivity index is 0.000000810.